The Hall–Kier alpha value is -6.84. The van der Waals surface area contributed by atoms with Gasteiger partial charge in [-0.05, 0) is 87.5 Å². The van der Waals surface area contributed by atoms with E-state index in [-0.39, 0.29) is 0 Å². The predicted octanol–water partition coefficient (Wildman–Crippen LogP) is 12.8. The molecule has 0 aliphatic carbocycles. The number of allylic oxidation sites excluding steroid dienone is 1. The molecule has 0 aliphatic heterocycles. The van der Waals surface area contributed by atoms with E-state index in [0.717, 1.165) is 67.5 Å². The van der Waals surface area contributed by atoms with E-state index in [0.29, 0.717) is 0 Å². The molecule has 0 radical (unpaired) electrons. The molecule has 52 heavy (non-hydrogen) atoms. The third-order valence-corrected chi connectivity index (χ3v) is 10.5. The van der Waals surface area contributed by atoms with Gasteiger partial charge in [0.1, 0.15) is 5.58 Å². The van der Waals surface area contributed by atoms with Gasteiger partial charge in [-0.25, -0.2) is 0 Å². The van der Waals surface area contributed by atoms with Gasteiger partial charge in [0.15, 0.2) is 5.58 Å². The van der Waals surface area contributed by atoms with Crippen LogP contribution in [0.5, 0.6) is 0 Å². The van der Waals surface area contributed by atoms with Crippen molar-refractivity contribution in [1.29, 1.82) is 0 Å². The highest BCUT2D eigenvalue weighted by Gasteiger charge is 2.20. The SMILES string of the molecule is Nc1ccccc1/C(=C\Cc1ccc2ccccc2c1-c1ccc2c(c1)c1ccc3c4ccccc4oc3c1n2-c1ccccc1)c1ccccc1. The third-order valence-electron chi connectivity index (χ3n) is 10.5. The van der Waals surface area contributed by atoms with Gasteiger partial charge in [-0.15, -0.1) is 0 Å². The van der Waals surface area contributed by atoms with Gasteiger partial charge in [-0.3, -0.25) is 0 Å². The van der Waals surface area contributed by atoms with Crippen LogP contribution in [0.15, 0.2) is 186 Å². The van der Waals surface area contributed by atoms with Crippen molar-refractivity contribution in [1.82, 2.24) is 4.57 Å². The summed E-state index contributed by atoms with van der Waals surface area (Å²) in [6.45, 7) is 0. The lowest BCUT2D eigenvalue weighted by Crippen LogP contribution is -1.97. The monoisotopic (exact) mass is 666 g/mol. The lowest BCUT2D eigenvalue weighted by Gasteiger charge is -2.15. The van der Waals surface area contributed by atoms with Crippen LogP contribution < -0.4 is 5.73 Å². The van der Waals surface area contributed by atoms with E-state index in [1.54, 1.807) is 0 Å². The van der Waals surface area contributed by atoms with Gasteiger partial charge in [-0.2, -0.15) is 0 Å². The van der Waals surface area contributed by atoms with Crippen LogP contribution in [0.3, 0.4) is 0 Å². The Bertz CT molecular complexity index is 2980. The largest absolute Gasteiger partial charge is 0.454 e. The van der Waals surface area contributed by atoms with Crippen LogP contribution >= 0.6 is 0 Å². The summed E-state index contributed by atoms with van der Waals surface area (Å²) in [5, 5.41) is 7.07. The molecule has 3 heteroatoms. The summed E-state index contributed by atoms with van der Waals surface area (Å²) >= 11 is 0. The number of nitrogens with two attached hydrogens (primary N) is 1. The first-order chi connectivity index (χ1) is 25.7. The fraction of sp³-hybridized carbons (Fsp3) is 0.0204. The van der Waals surface area contributed by atoms with Crippen molar-refractivity contribution in [3.63, 3.8) is 0 Å². The van der Waals surface area contributed by atoms with Gasteiger partial charge in [0, 0.05) is 38.5 Å². The molecule has 2 N–H and O–H groups in total. The number of hydrogen-bond acceptors (Lipinski definition) is 2. The molecule has 0 atom stereocenters. The Morgan fingerprint density at radius 1 is 0.577 bits per heavy atom. The fourth-order valence-corrected chi connectivity index (χ4v) is 8.07. The van der Waals surface area contributed by atoms with Crippen molar-refractivity contribution < 1.29 is 4.42 Å². The van der Waals surface area contributed by atoms with Gasteiger partial charge >= 0.3 is 0 Å². The molecule has 2 heterocycles. The molecule has 8 aromatic carbocycles. The highest BCUT2D eigenvalue weighted by molar-refractivity contribution is 6.22. The van der Waals surface area contributed by atoms with Gasteiger partial charge in [0.05, 0.1) is 11.0 Å². The Morgan fingerprint density at radius 2 is 1.29 bits per heavy atom. The molecule has 2 aromatic heterocycles. The summed E-state index contributed by atoms with van der Waals surface area (Å²) in [6.07, 6.45) is 3.08. The van der Waals surface area contributed by atoms with Crippen molar-refractivity contribution in [2.45, 2.75) is 6.42 Å². The number of furan rings is 1. The number of nitrogen functional groups attached to an aromatic ring is 1. The van der Waals surface area contributed by atoms with E-state index >= 15 is 0 Å². The predicted molar refractivity (Wildman–Crippen MR) is 219 cm³/mol. The second kappa shape index (κ2) is 12.2. The Morgan fingerprint density at radius 3 is 2.13 bits per heavy atom. The molecule has 3 nitrogen and oxygen atoms in total. The number of fused-ring (bicyclic) bond motifs is 8. The standard InChI is InChI=1S/C49H34N2O/c50-44-21-11-9-19-39(44)37(32-13-3-1-4-14-32)27-25-34-24-23-33-15-7-8-18-38(33)47(34)35-26-30-45-43(31-35)41-28-29-42-40-20-10-12-22-46(40)52-49(42)48(41)51(45)36-16-5-2-6-17-36/h1-24,26-31H,25,50H2/b37-27-. The molecule has 0 saturated carbocycles. The van der Waals surface area contributed by atoms with E-state index in [2.05, 4.69) is 168 Å². The van der Waals surface area contributed by atoms with E-state index in [4.69, 9.17) is 10.2 Å². The van der Waals surface area contributed by atoms with E-state index in [1.807, 2.05) is 18.2 Å². The second-order valence-electron chi connectivity index (χ2n) is 13.4. The van der Waals surface area contributed by atoms with Gasteiger partial charge in [0.2, 0.25) is 0 Å². The zero-order valence-electron chi connectivity index (χ0n) is 28.5. The molecule has 10 rings (SSSR count). The van der Waals surface area contributed by atoms with Crippen LogP contribution in [0.1, 0.15) is 16.7 Å². The topological polar surface area (TPSA) is 44.1 Å². The quantitative estimate of drug-likeness (QED) is 0.180. The Balaban J connectivity index is 1.22. The minimum Gasteiger partial charge on any atom is -0.454 e. The van der Waals surface area contributed by atoms with Crippen molar-refractivity contribution >= 4 is 65.8 Å². The van der Waals surface area contributed by atoms with Crippen LogP contribution in [0.4, 0.5) is 5.69 Å². The zero-order valence-corrected chi connectivity index (χ0v) is 28.5. The summed E-state index contributed by atoms with van der Waals surface area (Å²) in [5.74, 6) is 0. The summed E-state index contributed by atoms with van der Waals surface area (Å²) in [6, 6.07) is 62.3. The molecule has 0 bridgehead atoms. The zero-order chi connectivity index (χ0) is 34.6. The highest BCUT2D eigenvalue weighted by Crippen LogP contribution is 2.43. The van der Waals surface area contributed by atoms with Gasteiger partial charge < -0.3 is 14.7 Å². The van der Waals surface area contributed by atoms with Gasteiger partial charge in [0.25, 0.3) is 0 Å². The van der Waals surface area contributed by atoms with Crippen LogP contribution in [0.25, 0.3) is 76.9 Å². The molecule has 10 aromatic rings. The number of hydrogen-bond donors (Lipinski definition) is 1. The summed E-state index contributed by atoms with van der Waals surface area (Å²) in [7, 11) is 0. The smallest absolute Gasteiger partial charge is 0.160 e. The maximum Gasteiger partial charge on any atom is 0.160 e. The normalized spacial score (nSPS) is 12.1. The molecule has 0 saturated heterocycles. The number of nitrogens with zero attached hydrogens (tertiary/aromatic N) is 1. The van der Waals surface area contributed by atoms with E-state index < -0.39 is 0 Å². The average Bonchev–Trinajstić information content (AvgIpc) is 3.75. The Labute approximate surface area is 301 Å². The summed E-state index contributed by atoms with van der Waals surface area (Å²) in [4.78, 5) is 0. The first-order valence-electron chi connectivity index (χ1n) is 17.8. The maximum absolute atomic E-state index is 6.65. The van der Waals surface area contributed by atoms with Crippen LogP contribution in [-0.4, -0.2) is 4.57 Å². The minimum absolute atomic E-state index is 0.738. The fourth-order valence-electron chi connectivity index (χ4n) is 8.07. The highest BCUT2D eigenvalue weighted by atomic mass is 16.3. The van der Waals surface area contributed by atoms with Crippen molar-refractivity contribution in [2.75, 3.05) is 5.73 Å². The summed E-state index contributed by atoms with van der Waals surface area (Å²) in [5.41, 5.74) is 19.5. The second-order valence-corrected chi connectivity index (χ2v) is 13.4. The average molecular weight is 667 g/mol. The van der Waals surface area contributed by atoms with E-state index in [9.17, 15) is 0 Å². The minimum atomic E-state index is 0.738. The first kappa shape index (κ1) is 30.0. The third kappa shape index (κ3) is 4.82. The molecule has 0 amide bonds. The number of para-hydroxylation sites is 3. The number of aromatic nitrogens is 1. The number of anilines is 1. The molecule has 0 fully saturated rings. The first-order valence-corrected chi connectivity index (χ1v) is 17.8. The molecule has 246 valence electrons. The van der Waals surface area contributed by atoms with E-state index in [1.165, 1.54) is 38.2 Å². The number of benzene rings is 8. The lowest BCUT2D eigenvalue weighted by molar-refractivity contribution is 0.671. The van der Waals surface area contributed by atoms with Crippen molar-refractivity contribution in [3.8, 4) is 16.8 Å². The van der Waals surface area contributed by atoms with Crippen LogP contribution in [0.2, 0.25) is 0 Å². The molecule has 0 aliphatic rings. The van der Waals surface area contributed by atoms with Crippen LogP contribution in [0, 0.1) is 0 Å². The molecule has 0 unspecified atom stereocenters. The molecular weight excluding hydrogens is 633 g/mol. The van der Waals surface area contributed by atoms with Crippen molar-refractivity contribution in [2.24, 2.45) is 0 Å². The van der Waals surface area contributed by atoms with Crippen molar-refractivity contribution in [3.05, 3.63) is 199 Å². The summed E-state index contributed by atoms with van der Waals surface area (Å²) < 4.78 is 9.01. The lowest BCUT2D eigenvalue weighted by atomic mass is 9.89. The Kier molecular flexibility index (Phi) is 7.04. The molecule has 0 spiro atoms. The van der Waals surface area contributed by atoms with Crippen LogP contribution in [-0.2, 0) is 6.42 Å². The van der Waals surface area contributed by atoms with Gasteiger partial charge in [-0.1, -0.05) is 140 Å². The number of rotatable bonds is 6. The maximum atomic E-state index is 6.65. The molecular formula is C49H34N2O.